The fraction of sp³-hybridized carbons (Fsp3) is 0.429. The molecule has 6 heteroatoms. The van der Waals surface area contributed by atoms with Crippen LogP contribution in [-0.2, 0) is 5.41 Å². The van der Waals surface area contributed by atoms with Crippen LogP contribution in [0.2, 0.25) is 0 Å². The summed E-state index contributed by atoms with van der Waals surface area (Å²) >= 11 is 0. The fourth-order valence-electron chi connectivity index (χ4n) is 1.79. The van der Waals surface area contributed by atoms with Crippen LogP contribution in [0.15, 0.2) is 22.7 Å². The molecule has 3 N–H and O–H groups in total. The van der Waals surface area contributed by atoms with E-state index >= 15 is 0 Å². The summed E-state index contributed by atoms with van der Waals surface area (Å²) < 4.78 is 10.4. The molecule has 0 amide bonds. The highest BCUT2D eigenvalue weighted by atomic mass is 16.5. The van der Waals surface area contributed by atoms with Gasteiger partial charge in [-0.05, 0) is 31.5 Å². The Bertz CT molecular complexity index is 591. The van der Waals surface area contributed by atoms with Crippen molar-refractivity contribution in [1.29, 1.82) is 0 Å². The summed E-state index contributed by atoms with van der Waals surface area (Å²) in [7, 11) is 1.49. The van der Waals surface area contributed by atoms with E-state index in [4.69, 9.17) is 15.0 Å². The van der Waals surface area contributed by atoms with E-state index in [9.17, 15) is 5.11 Å². The Morgan fingerprint density at radius 2 is 2.20 bits per heavy atom. The number of rotatable bonds is 5. The SMILES string of the molecule is CCC(C)(CN)c1nc(-c2ccc(O)c(OC)c2)no1. The number of ether oxygens (including phenoxy) is 1. The quantitative estimate of drug-likeness (QED) is 0.868. The maximum atomic E-state index is 9.59. The number of nitrogens with two attached hydrogens (primary N) is 1. The lowest BCUT2D eigenvalue weighted by molar-refractivity contribution is 0.291. The Morgan fingerprint density at radius 1 is 1.45 bits per heavy atom. The first-order chi connectivity index (χ1) is 9.54. The van der Waals surface area contributed by atoms with E-state index in [2.05, 4.69) is 10.1 Å². The van der Waals surface area contributed by atoms with Gasteiger partial charge in [0, 0.05) is 12.1 Å². The summed E-state index contributed by atoms with van der Waals surface area (Å²) in [4.78, 5) is 4.40. The molecule has 0 saturated heterocycles. The molecule has 1 aromatic heterocycles. The fourth-order valence-corrected chi connectivity index (χ4v) is 1.79. The summed E-state index contributed by atoms with van der Waals surface area (Å²) in [5.41, 5.74) is 6.17. The number of hydrogen-bond acceptors (Lipinski definition) is 6. The molecule has 1 heterocycles. The van der Waals surface area contributed by atoms with E-state index < -0.39 is 0 Å². The molecule has 1 unspecified atom stereocenters. The number of nitrogens with zero attached hydrogens (tertiary/aromatic N) is 2. The van der Waals surface area contributed by atoms with Gasteiger partial charge in [-0.1, -0.05) is 12.1 Å². The van der Waals surface area contributed by atoms with E-state index in [-0.39, 0.29) is 11.2 Å². The van der Waals surface area contributed by atoms with Gasteiger partial charge in [-0.2, -0.15) is 4.98 Å². The van der Waals surface area contributed by atoms with Crippen LogP contribution in [0.3, 0.4) is 0 Å². The molecule has 2 rings (SSSR count). The smallest absolute Gasteiger partial charge is 0.234 e. The van der Waals surface area contributed by atoms with Gasteiger partial charge in [0.25, 0.3) is 0 Å². The van der Waals surface area contributed by atoms with E-state index in [1.807, 2.05) is 13.8 Å². The second-order valence-electron chi connectivity index (χ2n) is 4.93. The molecule has 0 bridgehead atoms. The third-order valence-electron chi connectivity index (χ3n) is 3.61. The van der Waals surface area contributed by atoms with Gasteiger partial charge in [0.2, 0.25) is 11.7 Å². The molecule has 108 valence electrons. The highest BCUT2D eigenvalue weighted by molar-refractivity contribution is 5.60. The van der Waals surface area contributed by atoms with Crippen molar-refractivity contribution in [3.63, 3.8) is 0 Å². The first-order valence-electron chi connectivity index (χ1n) is 6.45. The van der Waals surface area contributed by atoms with Crippen molar-refractivity contribution >= 4 is 0 Å². The lowest BCUT2D eigenvalue weighted by atomic mass is 9.88. The minimum absolute atomic E-state index is 0.0697. The first kappa shape index (κ1) is 14.3. The third kappa shape index (κ3) is 2.46. The zero-order valence-electron chi connectivity index (χ0n) is 11.9. The van der Waals surface area contributed by atoms with Crippen molar-refractivity contribution in [3.8, 4) is 22.9 Å². The summed E-state index contributed by atoms with van der Waals surface area (Å²) in [6.45, 7) is 4.45. The van der Waals surface area contributed by atoms with Gasteiger partial charge < -0.3 is 20.1 Å². The Morgan fingerprint density at radius 3 is 2.80 bits per heavy atom. The van der Waals surface area contributed by atoms with E-state index in [1.54, 1.807) is 12.1 Å². The van der Waals surface area contributed by atoms with Crippen molar-refractivity contribution in [2.45, 2.75) is 25.7 Å². The zero-order chi connectivity index (χ0) is 14.8. The average molecular weight is 277 g/mol. The molecule has 20 heavy (non-hydrogen) atoms. The van der Waals surface area contributed by atoms with Crippen molar-refractivity contribution in [2.24, 2.45) is 5.73 Å². The van der Waals surface area contributed by atoms with Crippen molar-refractivity contribution in [2.75, 3.05) is 13.7 Å². The third-order valence-corrected chi connectivity index (χ3v) is 3.61. The molecule has 0 aliphatic rings. The van der Waals surface area contributed by atoms with Gasteiger partial charge in [0.1, 0.15) is 0 Å². The molecule has 0 aliphatic heterocycles. The predicted molar refractivity (Wildman–Crippen MR) is 74.6 cm³/mol. The van der Waals surface area contributed by atoms with Crippen LogP contribution < -0.4 is 10.5 Å². The Labute approximate surface area is 117 Å². The monoisotopic (exact) mass is 277 g/mol. The van der Waals surface area contributed by atoms with E-state index in [1.165, 1.54) is 13.2 Å². The number of aromatic nitrogens is 2. The standard InChI is InChI=1S/C14H19N3O3/c1-4-14(2,8-15)13-16-12(17-20-13)9-5-6-10(18)11(7-9)19-3/h5-7,18H,4,8,15H2,1-3H3. The number of phenolic OH excluding ortho intramolecular Hbond substituents is 1. The van der Waals surface area contributed by atoms with Gasteiger partial charge in [-0.3, -0.25) is 0 Å². The molecule has 1 atom stereocenters. The minimum atomic E-state index is -0.327. The second kappa shape index (κ2) is 5.50. The van der Waals surface area contributed by atoms with Gasteiger partial charge in [0.15, 0.2) is 11.5 Å². The topological polar surface area (TPSA) is 94.4 Å². The lowest BCUT2D eigenvalue weighted by Crippen LogP contribution is -2.31. The van der Waals surface area contributed by atoms with E-state index in [0.717, 1.165) is 6.42 Å². The van der Waals surface area contributed by atoms with Crippen LogP contribution in [0.25, 0.3) is 11.4 Å². The molecule has 0 saturated carbocycles. The number of benzene rings is 1. The Hall–Kier alpha value is -2.08. The number of phenols is 1. The molecule has 1 aromatic carbocycles. The first-order valence-corrected chi connectivity index (χ1v) is 6.45. The van der Waals surface area contributed by atoms with Crippen LogP contribution in [0, 0.1) is 0 Å². The van der Waals surface area contributed by atoms with E-state index in [0.29, 0.717) is 29.6 Å². The molecule has 6 nitrogen and oxygen atoms in total. The van der Waals surface area contributed by atoms with Crippen LogP contribution in [0.5, 0.6) is 11.5 Å². The van der Waals surface area contributed by atoms with Crippen molar-refractivity contribution < 1.29 is 14.4 Å². The second-order valence-corrected chi connectivity index (χ2v) is 4.93. The molecule has 2 aromatic rings. The zero-order valence-corrected chi connectivity index (χ0v) is 11.9. The maximum Gasteiger partial charge on any atom is 0.234 e. The number of methoxy groups -OCH3 is 1. The minimum Gasteiger partial charge on any atom is -0.504 e. The lowest BCUT2D eigenvalue weighted by Gasteiger charge is -2.20. The molecule has 0 spiro atoms. The van der Waals surface area contributed by atoms with Gasteiger partial charge in [0.05, 0.1) is 12.5 Å². The van der Waals surface area contributed by atoms with Crippen LogP contribution >= 0.6 is 0 Å². The average Bonchev–Trinajstić information content (AvgIpc) is 2.97. The molecular formula is C14H19N3O3. The van der Waals surface area contributed by atoms with Crippen LogP contribution in [0.1, 0.15) is 26.2 Å². The number of aromatic hydroxyl groups is 1. The van der Waals surface area contributed by atoms with Gasteiger partial charge >= 0.3 is 0 Å². The molecule has 0 aliphatic carbocycles. The molecular weight excluding hydrogens is 258 g/mol. The van der Waals surface area contributed by atoms with Crippen LogP contribution in [-0.4, -0.2) is 28.9 Å². The summed E-state index contributed by atoms with van der Waals surface area (Å²) in [5, 5.41) is 13.6. The molecule has 0 fully saturated rings. The summed E-state index contributed by atoms with van der Waals surface area (Å²) in [6, 6.07) is 4.90. The van der Waals surface area contributed by atoms with Gasteiger partial charge in [-0.15, -0.1) is 0 Å². The Kier molecular flexibility index (Phi) is 3.94. The number of hydrogen-bond donors (Lipinski definition) is 2. The maximum absolute atomic E-state index is 9.59. The highest BCUT2D eigenvalue weighted by Gasteiger charge is 2.30. The van der Waals surface area contributed by atoms with Crippen LogP contribution in [0.4, 0.5) is 0 Å². The Balaban J connectivity index is 2.38. The van der Waals surface area contributed by atoms with Crippen molar-refractivity contribution in [3.05, 3.63) is 24.1 Å². The summed E-state index contributed by atoms with van der Waals surface area (Å²) in [5.74, 6) is 1.40. The largest absolute Gasteiger partial charge is 0.504 e. The highest BCUT2D eigenvalue weighted by Crippen LogP contribution is 2.32. The van der Waals surface area contributed by atoms with Crippen molar-refractivity contribution in [1.82, 2.24) is 10.1 Å². The predicted octanol–water partition coefficient (Wildman–Crippen LogP) is 2.08. The summed E-state index contributed by atoms with van der Waals surface area (Å²) in [6.07, 6.45) is 0.810. The normalized spacial score (nSPS) is 14.0. The van der Waals surface area contributed by atoms with Gasteiger partial charge in [-0.25, -0.2) is 0 Å². The molecule has 0 radical (unpaired) electrons.